The quantitative estimate of drug-likeness (QED) is 0.260. The summed E-state index contributed by atoms with van der Waals surface area (Å²) in [6.45, 7) is 9.12. The number of alkyl halides is 2. The lowest BCUT2D eigenvalue weighted by Crippen LogP contribution is -2.25. The van der Waals surface area contributed by atoms with Crippen LogP contribution in [0.15, 0.2) is 29.1 Å². The first-order valence-corrected chi connectivity index (χ1v) is 12.0. The number of hydrogen-bond donors (Lipinski definition) is 0. The maximum absolute atomic E-state index is 14.7. The van der Waals surface area contributed by atoms with Crippen molar-refractivity contribution in [1.29, 1.82) is 0 Å². The molecule has 0 saturated heterocycles. The van der Waals surface area contributed by atoms with Gasteiger partial charge in [-0.25, -0.2) is 26.7 Å². The van der Waals surface area contributed by atoms with Crippen LogP contribution >= 0.6 is 0 Å². The monoisotopic (exact) mass is 526 g/mol. The standard InChI is InChI=1S/C21H18F4N6O4S/c1-10(2)16-12(19-28-29-20(35-19)21(24,25)36(5,32)33)8-30-17(16)18(26-9-27-30)31(34-4)15-6-11(3)13(22)7-14(15)23/h3,6-10H,1-2,4-5H3. The third kappa shape index (κ3) is 4.07. The number of sulfone groups is 1. The maximum Gasteiger partial charge on any atom is 0.420 e. The minimum atomic E-state index is -4.89. The number of fused-ring (bicyclic) bond motifs is 1. The van der Waals surface area contributed by atoms with Gasteiger partial charge in [-0.05, 0) is 23.1 Å². The fraction of sp³-hybridized carbons (Fsp3) is 0.286. The third-order valence-electron chi connectivity index (χ3n) is 5.20. The van der Waals surface area contributed by atoms with Crippen molar-refractivity contribution >= 4 is 26.9 Å². The summed E-state index contributed by atoms with van der Waals surface area (Å²) in [6, 6.07) is 1.60. The number of nitrogens with zero attached hydrogens (tertiary/aromatic N) is 6. The number of anilines is 2. The van der Waals surface area contributed by atoms with Crippen LogP contribution < -0.4 is 5.06 Å². The number of rotatable bonds is 7. The van der Waals surface area contributed by atoms with Crippen molar-refractivity contribution in [3.63, 3.8) is 0 Å². The molecule has 0 unspecified atom stereocenters. The average Bonchev–Trinajstić information content (AvgIpc) is 3.42. The Kier molecular flexibility index (Phi) is 6.24. The van der Waals surface area contributed by atoms with Gasteiger partial charge >= 0.3 is 11.1 Å². The molecule has 0 aliphatic carbocycles. The van der Waals surface area contributed by atoms with Gasteiger partial charge in [-0.2, -0.15) is 18.9 Å². The summed E-state index contributed by atoms with van der Waals surface area (Å²) in [7, 11) is -3.67. The summed E-state index contributed by atoms with van der Waals surface area (Å²) >= 11 is 0. The van der Waals surface area contributed by atoms with E-state index < -0.39 is 38.5 Å². The zero-order valence-electron chi connectivity index (χ0n) is 19.2. The Morgan fingerprint density at radius 3 is 2.50 bits per heavy atom. The molecule has 0 fully saturated rings. The van der Waals surface area contributed by atoms with E-state index in [-0.39, 0.29) is 34.1 Å². The Morgan fingerprint density at radius 2 is 1.89 bits per heavy atom. The Hall–Kier alpha value is -3.59. The molecule has 0 aliphatic heterocycles. The van der Waals surface area contributed by atoms with E-state index in [1.807, 2.05) is 0 Å². The first-order chi connectivity index (χ1) is 16.8. The highest BCUT2D eigenvalue weighted by molar-refractivity contribution is 7.91. The van der Waals surface area contributed by atoms with Gasteiger partial charge in [-0.15, -0.1) is 10.2 Å². The van der Waals surface area contributed by atoms with Gasteiger partial charge in [0.05, 0.1) is 12.7 Å². The number of halogens is 4. The molecule has 0 spiro atoms. The molecule has 0 N–H and O–H groups in total. The first-order valence-electron chi connectivity index (χ1n) is 10.1. The molecular weight excluding hydrogens is 508 g/mol. The summed E-state index contributed by atoms with van der Waals surface area (Å²) in [4.78, 5) is 9.51. The molecule has 0 saturated carbocycles. The Morgan fingerprint density at radius 1 is 1.19 bits per heavy atom. The second kappa shape index (κ2) is 8.81. The van der Waals surface area contributed by atoms with Gasteiger partial charge in [0.25, 0.3) is 0 Å². The molecule has 10 nitrogen and oxygen atoms in total. The molecule has 3 aromatic heterocycles. The summed E-state index contributed by atoms with van der Waals surface area (Å²) in [5.41, 5.74) is 0.179. The number of aromatic nitrogens is 5. The van der Waals surface area contributed by atoms with Crippen molar-refractivity contribution < 1.29 is 35.2 Å². The van der Waals surface area contributed by atoms with Gasteiger partial charge < -0.3 is 4.42 Å². The molecule has 0 atom stereocenters. The maximum atomic E-state index is 14.7. The van der Waals surface area contributed by atoms with Gasteiger partial charge in [-0.1, -0.05) is 13.8 Å². The van der Waals surface area contributed by atoms with Gasteiger partial charge in [0.2, 0.25) is 15.7 Å². The molecule has 190 valence electrons. The van der Waals surface area contributed by atoms with Gasteiger partial charge in [0.1, 0.15) is 23.3 Å². The number of benzene rings is 1. The molecule has 0 amide bonds. The van der Waals surface area contributed by atoms with Crippen LogP contribution in [0.2, 0.25) is 0 Å². The topological polar surface area (TPSA) is 116 Å². The van der Waals surface area contributed by atoms with Crippen LogP contribution in [0.25, 0.3) is 17.0 Å². The van der Waals surface area contributed by atoms with Gasteiger partial charge in [0, 0.05) is 25.4 Å². The smallest absolute Gasteiger partial charge is 0.414 e. The van der Waals surface area contributed by atoms with Crippen molar-refractivity contribution in [2.24, 2.45) is 0 Å². The predicted molar refractivity (Wildman–Crippen MR) is 118 cm³/mol. The zero-order valence-corrected chi connectivity index (χ0v) is 20.0. The Balaban J connectivity index is 1.95. The highest BCUT2D eigenvalue weighted by Crippen LogP contribution is 2.41. The fourth-order valence-electron chi connectivity index (χ4n) is 3.54. The minimum Gasteiger partial charge on any atom is -0.414 e. The molecule has 1 aromatic carbocycles. The Bertz CT molecular complexity index is 1570. The largest absolute Gasteiger partial charge is 0.420 e. The molecule has 36 heavy (non-hydrogen) atoms. The van der Waals surface area contributed by atoms with E-state index in [4.69, 9.17) is 16.2 Å². The second-order valence-electron chi connectivity index (χ2n) is 7.99. The van der Waals surface area contributed by atoms with Crippen LogP contribution in [0.4, 0.5) is 29.1 Å². The summed E-state index contributed by atoms with van der Waals surface area (Å²) < 4.78 is 86.3. The first kappa shape index (κ1) is 25.5. The molecule has 4 rings (SSSR count). The molecule has 3 heterocycles. The van der Waals surface area contributed by atoms with E-state index in [9.17, 15) is 26.0 Å². The normalized spacial score (nSPS) is 12.6. The highest BCUT2D eigenvalue weighted by Gasteiger charge is 2.49. The lowest BCUT2D eigenvalue weighted by molar-refractivity contribution is 0.0600. The minimum absolute atomic E-state index is 0.00596. The van der Waals surface area contributed by atoms with E-state index in [0.29, 0.717) is 17.9 Å². The Labute approximate surface area is 202 Å². The SMILES string of the molecule is [CH]c1cc(N(OC)c2ncnn3cc(-c4nnc(C(F)(F)S(C)(=O)=O)o4)c(C(C)C)c23)c(F)cc1F. The second-order valence-corrected chi connectivity index (χ2v) is 10.0. The lowest BCUT2D eigenvalue weighted by atomic mass is 10.00. The van der Waals surface area contributed by atoms with E-state index in [2.05, 4.69) is 20.3 Å². The summed E-state index contributed by atoms with van der Waals surface area (Å²) in [5, 5.41) is 7.48. The van der Waals surface area contributed by atoms with E-state index in [1.165, 1.54) is 17.8 Å². The molecule has 0 aliphatic rings. The lowest BCUT2D eigenvalue weighted by Gasteiger charge is -2.23. The summed E-state index contributed by atoms with van der Waals surface area (Å²) in [6.07, 6.45) is 2.82. The molecule has 4 aromatic rings. The number of hydrogen-bond acceptors (Lipinski definition) is 9. The highest BCUT2D eigenvalue weighted by atomic mass is 32.2. The van der Waals surface area contributed by atoms with Crippen LogP contribution in [0, 0.1) is 18.6 Å². The van der Waals surface area contributed by atoms with Crippen molar-refractivity contribution in [1.82, 2.24) is 24.8 Å². The van der Waals surface area contributed by atoms with Crippen LogP contribution in [-0.2, 0) is 19.9 Å². The third-order valence-corrected chi connectivity index (χ3v) is 6.31. The van der Waals surface area contributed by atoms with Crippen molar-refractivity contribution in [3.8, 4) is 11.5 Å². The van der Waals surface area contributed by atoms with Crippen molar-refractivity contribution in [2.45, 2.75) is 25.0 Å². The predicted octanol–water partition coefficient (Wildman–Crippen LogP) is 4.03. The molecule has 15 heteroatoms. The van der Waals surface area contributed by atoms with E-state index in [0.717, 1.165) is 17.5 Å². The van der Waals surface area contributed by atoms with E-state index >= 15 is 0 Å². The van der Waals surface area contributed by atoms with Crippen LogP contribution in [0.5, 0.6) is 0 Å². The molecular formula is C21H18F4N6O4S. The van der Waals surface area contributed by atoms with E-state index in [1.54, 1.807) is 13.8 Å². The van der Waals surface area contributed by atoms with Gasteiger partial charge in [0.15, 0.2) is 11.6 Å². The van der Waals surface area contributed by atoms with Gasteiger partial charge in [-0.3, -0.25) is 4.84 Å². The van der Waals surface area contributed by atoms with Crippen LogP contribution in [-0.4, -0.2) is 46.6 Å². The fourth-order valence-corrected chi connectivity index (χ4v) is 3.94. The molecule has 0 bridgehead atoms. The van der Waals surface area contributed by atoms with Crippen molar-refractivity contribution in [2.75, 3.05) is 18.4 Å². The van der Waals surface area contributed by atoms with Crippen LogP contribution in [0.1, 0.15) is 36.8 Å². The van der Waals surface area contributed by atoms with Crippen LogP contribution in [0.3, 0.4) is 0 Å². The summed E-state index contributed by atoms with van der Waals surface area (Å²) in [5.74, 6) is -4.13. The van der Waals surface area contributed by atoms with Crippen molar-refractivity contribution in [3.05, 3.63) is 60.2 Å². The molecule has 2 radical (unpaired) electrons. The average molecular weight is 526 g/mol. The zero-order chi connectivity index (χ0) is 26.6.